The number of carboxylic acid groups (broad SMARTS) is 1. The third-order valence-corrected chi connectivity index (χ3v) is 2.47. The van der Waals surface area contributed by atoms with Crippen LogP contribution in [0.15, 0.2) is 24.3 Å². The molecule has 3 nitrogen and oxygen atoms in total. The smallest absolute Gasteiger partial charge is 0.307 e. The topological polar surface area (TPSA) is 63.3 Å². The van der Waals surface area contributed by atoms with Gasteiger partial charge >= 0.3 is 5.97 Å². The SMILES string of the molecule is Nc1ccc(C2C[C@H]2C(=O)O)cc1. The van der Waals surface area contributed by atoms with Crippen LogP contribution in [-0.2, 0) is 4.79 Å². The summed E-state index contributed by atoms with van der Waals surface area (Å²) in [6.45, 7) is 0. The number of carboxylic acids is 1. The monoisotopic (exact) mass is 177 g/mol. The maximum absolute atomic E-state index is 10.6. The van der Waals surface area contributed by atoms with E-state index in [4.69, 9.17) is 10.8 Å². The van der Waals surface area contributed by atoms with Gasteiger partial charge in [0.1, 0.15) is 0 Å². The molecule has 1 aliphatic carbocycles. The molecule has 3 N–H and O–H groups in total. The highest BCUT2D eigenvalue weighted by atomic mass is 16.4. The second-order valence-electron chi connectivity index (χ2n) is 3.45. The van der Waals surface area contributed by atoms with Crippen LogP contribution in [0.4, 0.5) is 5.69 Å². The van der Waals surface area contributed by atoms with Crippen LogP contribution in [0.2, 0.25) is 0 Å². The number of hydrogen-bond acceptors (Lipinski definition) is 2. The Morgan fingerprint density at radius 1 is 1.38 bits per heavy atom. The zero-order chi connectivity index (χ0) is 9.42. The molecule has 13 heavy (non-hydrogen) atoms. The van der Waals surface area contributed by atoms with Crippen LogP contribution in [0.5, 0.6) is 0 Å². The predicted octanol–water partition coefficient (Wildman–Crippen LogP) is 1.46. The molecule has 1 unspecified atom stereocenters. The van der Waals surface area contributed by atoms with Gasteiger partial charge in [-0.3, -0.25) is 4.79 Å². The first-order valence-corrected chi connectivity index (χ1v) is 4.26. The normalized spacial score (nSPS) is 25.5. The average Bonchev–Trinajstić information content (AvgIpc) is 2.85. The van der Waals surface area contributed by atoms with Crippen molar-refractivity contribution in [2.24, 2.45) is 5.92 Å². The van der Waals surface area contributed by atoms with E-state index in [1.165, 1.54) is 0 Å². The number of anilines is 1. The van der Waals surface area contributed by atoms with Gasteiger partial charge in [-0.05, 0) is 30.0 Å². The van der Waals surface area contributed by atoms with Gasteiger partial charge in [0.15, 0.2) is 0 Å². The molecule has 0 heterocycles. The molecule has 0 aromatic heterocycles. The quantitative estimate of drug-likeness (QED) is 0.672. The van der Waals surface area contributed by atoms with Crippen LogP contribution in [0, 0.1) is 5.92 Å². The molecule has 0 aliphatic heterocycles. The standard InChI is InChI=1S/C10H11NO2/c11-7-3-1-6(2-4-7)8-5-9(8)10(12)13/h1-4,8-9H,5,11H2,(H,12,13)/t8?,9-/m1/s1. The van der Waals surface area contributed by atoms with Crippen molar-refractivity contribution in [1.82, 2.24) is 0 Å². The molecule has 0 amide bonds. The molecule has 1 aliphatic rings. The highest BCUT2D eigenvalue weighted by Gasteiger charge is 2.43. The zero-order valence-corrected chi connectivity index (χ0v) is 7.10. The molecule has 2 atom stereocenters. The molecule has 1 saturated carbocycles. The largest absolute Gasteiger partial charge is 0.481 e. The molecular weight excluding hydrogens is 166 g/mol. The fourth-order valence-corrected chi connectivity index (χ4v) is 1.58. The fourth-order valence-electron chi connectivity index (χ4n) is 1.58. The van der Waals surface area contributed by atoms with Crippen molar-refractivity contribution in [2.75, 3.05) is 5.73 Å². The van der Waals surface area contributed by atoms with E-state index in [0.29, 0.717) is 0 Å². The molecule has 1 fully saturated rings. The summed E-state index contributed by atoms with van der Waals surface area (Å²) in [6.07, 6.45) is 0.763. The van der Waals surface area contributed by atoms with Crippen molar-refractivity contribution in [3.05, 3.63) is 29.8 Å². The molecule has 1 aromatic rings. The Morgan fingerprint density at radius 2 is 2.00 bits per heavy atom. The summed E-state index contributed by atoms with van der Waals surface area (Å²) in [7, 11) is 0. The summed E-state index contributed by atoms with van der Waals surface area (Å²) in [6, 6.07) is 7.44. The molecule has 0 spiro atoms. The summed E-state index contributed by atoms with van der Waals surface area (Å²) >= 11 is 0. The first-order chi connectivity index (χ1) is 6.18. The van der Waals surface area contributed by atoms with Crippen molar-refractivity contribution >= 4 is 11.7 Å². The second kappa shape index (κ2) is 2.76. The Bertz CT molecular complexity index is 331. The molecule has 0 radical (unpaired) electrons. The molecule has 0 saturated heterocycles. The lowest BCUT2D eigenvalue weighted by Gasteiger charge is -1.98. The lowest BCUT2D eigenvalue weighted by Crippen LogP contribution is -1.98. The number of hydrogen-bond donors (Lipinski definition) is 2. The van der Waals surface area contributed by atoms with Crippen molar-refractivity contribution < 1.29 is 9.90 Å². The van der Waals surface area contributed by atoms with E-state index in [0.717, 1.165) is 17.7 Å². The Morgan fingerprint density at radius 3 is 2.46 bits per heavy atom. The van der Waals surface area contributed by atoms with E-state index >= 15 is 0 Å². The number of nitrogen functional groups attached to an aromatic ring is 1. The van der Waals surface area contributed by atoms with Crippen LogP contribution in [-0.4, -0.2) is 11.1 Å². The van der Waals surface area contributed by atoms with E-state index in [1.807, 2.05) is 24.3 Å². The third kappa shape index (κ3) is 1.49. The maximum Gasteiger partial charge on any atom is 0.307 e. The van der Waals surface area contributed by atoms with Gasteiger partial charge < -0.3 is 10.8 Å². The summed E-state index contributed by atoms with van der Waals surface area (Å²) < 4.78 is 0. The minimum absolute atomic E-state index is 0.177. The Labute approximate surface area is 76.2 Å². The van der Waals surface area contributed by atoms with E-state index in [2.05, 4.69) is 0 Å². The summed E-state index contributed by atoms with van der Waals surface area (Å²) in [5.41, 5.74) is 7.33. The third-order valence-electron chi connectivity index (χ3n) is 2.47. The Hall–Kier alpha value is -1.51. The number of aliphatic carboxylic acids is 1. The maximum atomic E-state index is 10.6. The molecule has 2 rings (SSSR count). The molecule has 3 heteroatoms. The van der Waals surface area contributed by atoms with E-state index in [1.54, 1.807) is 0 Å². The fraction of sp³-hybridized carbons (Fsp3) is 0.300. The first kappa shape index (κ1) is 8.10. The Kier molecular flexibility index (Phi) is 1.72. The number of nitrogens with two attached hydrogens (primary N) is 1. The van der Waals surface area contributed by atoms with Gasteiger partial charge in [0, 0.05) is 5.69 Å². The average molecular weight is 177 g/mol. The lowest BCUT2D eigenvalue weighted by molar-refractivity contribution is -0.138. The zero-order valence-electron chi connectivity index (χ0n) is 7.10. The number of rotatable bonds is 2. The van der Waals surface area contributed by atoms with Crippen LogP contribution in [0.25, 0.3) is 0 Å². The molecule has 68 valence electrons. The highest BCUT2D eigenvalue weighted by Crippen LogP contribution is 2.47. The molecule has 1 aromatic carbocycles. The van der Waals surface area contributed by atoms with Crippen LogP contribution in [0.1, 0.15) is 17.9 Å². The number of carbonyl (C=O) groups is 1. The summed E-state index contributed by atoms with van der Waals surface area (Å²) in [5.74, 6) is -0.663. The van der Waals surface area contributed by atoms with Gasteiger partial charge in [0.05, 0.1) is 5.92 Å². The van der Waals surface area contributed by atoms with Crippen LogP contribution < -0.4 is 5.73 Å². The van der Waals surface area contributed by atoms with Gasteiger partial charge in [-0.15, -0.1) is 0 Å². The van der Waals surface area contributed by atoms with Crippen molar-refractivity contribution in [3.63, 3.8) is 0 Å². The van der Waals surface area contributed by atoms with Crippen LogP contribution >= 0.6 is 0 Å². The Balaban J connectivity index is 2.12. The van der Waals surface area contributed by atoms with Gasteiger partial charge in [0.2, 0.25) is 0 Å². The van der Waals surface area contributed by atoms with Crippen molar-refractivity contribution in [1.29, 1.82) is 0 Å². The minimum atomic E-state index is -0.693. The van der Waals surface area contributed by atoms with Gasteiger partial charge in [-0.2, -0.15) is 0 Å². The van der Waals surface area contributed by atoms with Crippen molar-refractivity contribution in [3.8, 4) is 0 Å². The minimum Gasteiger partial charge on any atom is -0.481 e. The lowest BCUT2D eigenvalue weighted by atomic mass is 10.1. The number of benzene rings is 1. The van der Waals surface area contributed by atoms with Gasteiger partial charge in [0.25, 0.3) is 0 Å². The van der Waals surface area contributed by atoms with Gasteiger partial charge in [-0.1, -0.05) is 12.1 Å². The first-order valence-electron chi connectivity index (χ1n) is 4.26. The van der Waals surface area contributed by atoms with E-state index in [9.17, 15) is 4.79 Å². The summed E-state index contributed by atoms with van der Waals surface area (Å²) in [4.78, 5) is 10.6. The highest BCUT2D eigenvalue weighted by molar-refractivity contribution is 5.75. The van der Waals surface area contributed by atoms with E-state index in [-0.39, 0.29) is 11.8 Å². The summed E-state index contributed by atoms with van der Waals surface area (Å²) in [5, 5.41) is 8.71. The van der Waals surface area contributed by atoms with Gasteiger partial charge in [-0.25, -0.2) is 0 Å². The van der Waals surface area contributed by atoms with Crippen LogP contribution in [0.3, 0.4) is 0 Å². The van der Waals surface area contributed by atoms with Crippen molar-refractivity contribution in [2.45, 2.75) is 12.3 Å². The second-order valence-corrected chi connectivity index (χ2v) is 3.45. The van der Waals surface area contributed by atoms with E-state index < -0.39 is 5.97 Å². The molecular formula is C10H11NO2. The molecule has 0 bridgehead atoms. The predicted molar refractivity (Wildman–Crippen MR) is 49.3 cm³/mol.